The molecule has 3 aliphatic rings. The van der Waals surface area contributed by atoms with E-state index in [-0.39, 0.29) is 11.6 Å². The van der Waals surface area contributed by atoms with Crippen molar-refractivity contribution in [1.29, 1.82) is 0 Å². The number of pyridine rings is 1. The average molecular weight is 532 g/mol. The SMILES string of the molecule is CN(C)C1CCN(c2nn(CC(F)(F)F)c3cc(-c4[nH]ncc4NC(=O)N4CCCCC45CC5)ncc23)C1. The quantitative estimate of drug-likeness (QED) is 0.515. The van der Waals surface area contributed by atoms with Crippen LogP contribution < -0.4 is 10.2 Å². The van der Waals surface area contributed by atoms with Crippen LogP contribution in [0.2, 0.25) is 0 Å². The highest BCUT2D eigenvalue weighted by atomic mass is 19.4. The third-order valence-electron chi connectivity index (χ3n) is 8.19. The summed E-state index contributed by atoms with van der Waals surface area (Å²) in [7, 11) is 4.00. The smallest absolute Gasteiger partial charge is 0.353 e. The predicted molar refractivity (Wildman–Crippen MR) is 137 cm³/mol. The van der Waals surface area contributed by atoms with E-state index in [0.717, 1.165) is 43.2 Å². The van der Waals surface area contributed by atoms with Gasteiger partial charge in [-0.25, -0.2) is 4.79 Å². The van der Waals surface area contributed by atoms with Gasteiger partial charge in [0, 0.05) is 37.4 Å². The number of urea groups is 1. The molecule has 5 heterocycles. The van der Waals surface area contributed by atoms with E-state index in [2.05, 4.69) is 30.5 Å². The van der Waals surface area contributed by atoms with Crippen LogP contribution in [0.1, 0.15) is 38.5 Å². The Bertz CT molecular complexity index is 1340. The molecule has 2 amide bonds. The first kappa shape index (κ1) is 25.0. The van der Waals surface area contributed by atoms with Crippen LogP contribution in [0.25, 0.3) is 22.3 Å². The maximum atomic E-state index is 13.5. The summed E-state index contributed by atoms with van der Waals surface area (Å²) in [5, 5.41) is 14.9. The summed E-state index contributed by atoms with van der Waals surface area (Å²) in [6, 6.07) is 1.71. The van der Waals surface area contributed by atoms with Crippen LogP contribution in [-0.2, 0) is 6.54 Å². The minimum atomic E-state index is -4.43. The first-order chi connectivity index (χ1) is 18.1. The van der Waals surface area contributed by atoms with E-state index in [1.54, 1.807) is 12.3 Å². The zero-order chi connectivity index (χ0) is 26.7. The van der Waals surface area contributed by atoms with Crippen molar-refractivity contribution in [2.45, 2.75) is 62.8 Å². The normalized spacial score (nSPS) is 21.2. The third kappa shape index (κ3) is 4.56. The van der Waals surface area contributed by atoms with Crippen LogP contribution in [0.15, 0.2) is 18.5 Å². The summed E-state index contributed by atoms with van der Waals surface area (Å²) in [5.41, 5.74) is 1.57. The Morgan fingerprint density at radius 2 is 2.03 bits per heavy atom. The summed E-state index contributed by atoms with van der Waals surface area (Å²) < 4.78 is 41.5. The van der Waals surface area contributed by atoms with Gasteiger partial charge in [-0.3, -0.25) is 14.8 Å². The van der Waals surface area contributed by atoms with Gasteiger partial charge in [0.15, 0.2) is 5.82 Å². The Hall–Kier alpha value is -3.35. The number of halogens is 3. The standard InChI is InChI=1S/C25H32F3N9O/c1-34(2)16-5-10-35(14-16)22-17-12-29-18(11-20(17)37(33-22)15-25(26,27)28)21-19(13-30-32-21)31-23(38)36-9-4-3-6-24(36)7-8-24/h11-13,16H,3-10,14-15H2,1-2H3,(H,30,32)(H,31,38). The number of amides is 2. The molecule has 204 valence electrons. The number of carbonyl (C=O) groups excluding carboxylic acids is 1. The van der Waals surface area contributed by atoms with Gasteiger partial charge in [-0.15, -0.1) is 0 Å². The molecule has 0 radical (unpaired) electrons. The molecule has 38 heavy (non-hydrogen) atoms. The van der Waals surface area contributed by atoms with Crippen molar-refractivity contribution in [2.24, 2.45) is 0 Å². The Morgan fingerprint density at radius 3 is 2.74 bits per heavy atom. The van der Waals surface area contributed by atoms with Gasteiger partial charge >= 0.3 is 12.2 Å². The monoisotopic (exact) mass is 531 g/mol. The van der Waals surface area contributed by atoms with Crippen LogP contribution >= 0.6 is 0 Å². The average Bonchev–Trinajstić information content (AvgIpc) is 3.22. The number of fused-ring (bicyclic) bond motifs is 1. The predicted octanol–water partition coefficient (Wildman–Crippen LogP) is 4.07. The Kier molecular flexibility index (Phi) is 6.00. The molecule has 10 nitrogen and oxygen atoms in total. The molecule has 13 heteroatoms. The molecule has 2 saturated heterocycles. The van der Waals surface area contributed by atoms with Gasteiger partial charge in [-0.2, -0.15) is 23.4 Å². The van der Waals surface area contributed by atoms with Crippen molar-refractivity contribution in [3.63, 3.8) is 0 Å². The first-order valence-corrected chi connectivity index (χ1v) is 13.1. The lowest BCUT2D eigenvalue weighted by molar-refractivity contribution is -0.141. The second kappa shape index (κ2) is 9.14. The molecule has 6 rings (SSSR count). The number of carbonyl (C=O) groups is 1. The summed E-state index contributed by atoms with van der Waals surface area (Å²) in [5.74, 6) is 0.505. The molecule has 0 aromatic carbocycles. The van der Waals surface area contributed by atoms with E-state index in [9.17, 15) is 18.0 Å². The van der Waals surface area contributed by atoms with Crippen molar-refractivity contribution in [3.05, 3.63) is 18.5 Å². The van der Waals surface area contributed by atoms with Gasteiger partial charge in [-0.1, -0.05) is 0 Å². The fourth-order valence-electron chi connectivity index (χ4n) is 5.91. The molecule has 3 aromatic heterocycles. The molecule has 1 saturated carbocycles. The molecule has 3 aromatic rings. The van der Waals surface area contributed by atoms with Crippen molar-refractivity contribution >= 4 is 28.4 Å². The molecule has 1 spiro atoms. The number of piperidine rings is 1. The third-order valence-corrected chi connectivity index (χ3v) is 8.19. The van der Waals surface area contributed by atoms with Crippen LogP contribution in [0.3, 0.4) is 0 Å². The first-order valence-electron chi connectivity index (χ1n) is 13.1. The van der Waals surface area contributed by atoms with E-state index in [4.69, 9.17) is 0 Å². The number of hydrogen-bond acceptors (Lipinski definition) is 6. The summed E-state index contributed by atoms with van der Waals surface area (Å²) in [6.07, 6.45) is 4.72. The van der Waals surface area contributed by atoms with E-state index < -0.39 is 12.7 Å². The molecule has 3 fully saturated rings. The lowest BCUT2D eigenvalue weighted by Crippen LogP contribution is -2.47. The van der Waals surface area contributed by atoms with Crippen LogP contribution in [0.5, 0.6) is 0 Å². The molecule has 1 unspecified atom stereocenters. The van der Waals surface area contributed by atoms with Gasteiger partial charge in [0.25, 0.3) is 0 Å². The van der Waals surface area contributed by atoms with Crippen molar-refractivity contribution in [1.82, 2.24) is 34.8 Å². The maximum absolute atomic E-state index is 13.5. The summed E-state index contributed by atoms with van der Waals surface area (Å²) >= 11 is 0. The number of aromatic amines is 1. The van der Waals surface area contributed by atoms with Gasteiger partial charge < -0.3 is 20.0 Å². The van der Waals surface area contributed by atoms with E-state index >= 15 is 0 Å². The second-order valence-electron chi connectivity index (χ2n) is 11.0. The van der Waals surface area contributed by atoms with E-state index in [1.165, 1.54) is 6.20 Å². The zero-order valence-electron chi connectivity index (χ0n) is 21.6. The van der Waals surface area contributed by atoms with Crippen molar-refractivity contribution in [2.75, 3.05) is 43.9 Å². The molecule has 0 bridgehead atoms. The molecular formula is C25H32F3N9O. The fraction of sp³-hybridized carbons (Fsp3) is 0.600. The number of anilines is 2. The van der Waals surface area contributed by atoms with E-state index in [1.807, 2.05) is 23.9 Å². The van der Waals surface area contributed by atoms with Gasteiger partial charge in [0.05, 0.1) is 28.5 Å². The number of nitrogens with one attached hydrogen (secondary N) is 2. The van der Waals surface area contributed by atoms with Crippen LogP contribution in [0, 0.1) is 0 Å². The molecule has 1 atom stereocenters. The maximum Gasteiger partial charge on any atom is 0.408 e. The number of alkyl halides is 3. The molecule has 1 aliphatic carbocycles. The van der Waals surface area contributed by atoms with Gasteiger partial charge in [-0.05, 0) is 58.7 Å². The van der Waals surface area contributed by atoms with Crippen molar-refractivity contribution in [3.8, 4) is 11.4 Å². The topological polar surface area (TPSA) is 98.2 Å². The molecule has 2 N–H and O–H groups in total. The second-order valence-corrected chi connectivity index (χ2v) is 11.0. The minimum absolute atomic E-state index is 0.0228. The Morgan fingerprint density at radius 1 is 1.21 bits per heavy atom. The number of aromatic nitrogens is 5. The number of likely N-dealkylation sites (N-methyl/N-ethyl adjacent to an activating group) is 1. The van der Waals surface area contributed by atoms with E-state index in [0.29, 0.717) is 59.5 Å². The number of hydrogen-bond donors (Lipinski definition) is 2. The highest BCUT2D eigenvalue weighted by Crippen LogP contribution is 2.48. The molecular weight excluding hydrogens is 499 g/mol. The molecule has 2 aliphatic heterocycles. The highest BCUT2D eigenvalue weighted by Gasteiger charge is 2.51. The van der Waals surface area contributed by atoms with Crippen LogP contribution in [0.4, 0.5) is 29.5 Å². The lowest BCUT2D eigenvalue weighted by atomic mass is 10.0. The summed E-state index contributed by atoms with van der Waals surface area (Å²) in [4.78, 5) is 23.8. The lowest BCUT2D eigenvalue weighted by Gasteiger charge is -2.36. The Labute approximate surface area is 218 Å². The van der Waals surface area contributed by atoms with Gasteiger partial charge in [0.1, 0.15) is 12.2 Å². The fourth-order valence-corrected chi connectivity index (χ4v) is 5.91. The highest BCUT2D eigenvalue weighted by molar-refractivity contribution is 5.96. The number of nitrogens with zero attached hydrogens (tertiary/aromatic N) is 7. The zero-order valence-corrected chi connectivity index (χ0v) is 21.6. The number of likely N-dealkylation sites (tertiary alicyclic amines) is 1. The Balaban J connectivity index is 1.32. The minimum Gasteiger partial charge on any atom is -0.353 e. The van der Waals surface area contributed by atoms with Crippen molar-refractivity contribution < 1.29 is 18.0 Å². The largest absolute Gasteiger partial charge is 0.408 e. The summed E-state index contributed by atoms with van der Waals surface area (Å²) in [6.45, 7) is 0.897. The number of H-pyrrole nitrogens is 1. The van der Waals surface area contributed by atoms with Gasteiger partial charge in [0.2, 0.25) is 0 Å². The number of rotatable bonds is 5. The van der Waals surface area contributed by atoms with Crippen LogP contribution in [-0.4, -0.2) is 92.3 Å².